The molecule has 2 aromatic heterocycles. The largest absolute Gasteiger partial charge is 0.474 e. The molecule has 0 bridgehead atoms. The Balaban J connectivity index is 1.40. The van der Waals surface area contributed by atoms with Crippen LogP contribution in [0, 0.1) is 6.92 Å². The van der Waals surface area contributed by atoms with E-state index in [1.165, 1.54) is 11.1 Å². The van der Waals surface area contributed by atoms with E-state index in [0.717, 1.165) is 47.3 Å². The van der Waals surface area contributed by atoms with Crippen LogP contribution in [0.4, 0.5) is 22.1 Å². The fourth-order valence-corrected chi connectivity index (χ4v) is 5.58. The predicted molar refractivity (Wildman–Crippen MR) is 161 cm³/mol. The van der Waals surface area contributed by atoms with Crippen LogP contribution in [0.25, 0.3) is 22.0 Å². The van der Waals surface area contributed by atoms with Crippen molar-refractivity contribution in [1.29, 1.82) is 0 Å². The highest BCUT2D eigenvalue weighted by molar-refractivity contribution is 6.35. The van der Waals surface area contributed by atoms with Crippen molar-refractivity contribution in [3.05, 3.63) is 64.4 Å². The molecule has 0 saturated carbocycles. The molecule has 0 saturated heterocycles. The number of nitrogens with one attached hydrogen (secondary N) is 1. The Morgan fingerprint density at radius 1 is 1.07 bits per heavy atom. The molecular weight excluding hydrogens is 540 g/mol. The third-order valence-electron chi connectivity index (χ3n) is 7.36. The van der Waals surface area contributed by atoms with Gasteiger partial charge in [0.2, 0.25) is 11.8 Å². The van der Waals surface area contributed by atoms with Crippen molar-refractivity contribution in [3.8, 4) is 17.0 Å². The summed E-state index contributed by atoms with van der Waals surface area (Å²) >= 11 is 6.59. The predicted octanol–water partition coefficient (Wildman–Crippen LogP) is 6.52. The summed E-state index contributed by atoms with van der Waals surface area (Å²) in [6.07, 6.45) is 4.10. The lowest BCUT2D eigenvalue weighted by molar-refractivity contribution is 0.0566. The molecule has 0 spiro atoms. The molecule has 4 aromatic rings. The second-order valence-electron chi connectivity index (χ2n) is 11.6. The molecule has 6 rings (SSSR count). The maximum atomic E-state index is 13.1. The van der Waals surface area contributed by atoms with Crippen LogP contribution in [0.15, 0.2) is 42.7 Å². The van der Waals surface area contributed by atoms with Gasteiger partial charge in [0.05, 0.1) is 17.1 Å². The van der Waals surface area contributed by atoms with Crippen molar-refractivity contribution in [2.75, 3.05) is 37.0 Å². The number of rotatable bonds is 3. The van der Waals surface area contributed by atoms with Gasteiger partial charge in [0.25, 0.3) is 0 Å². The summed E-state index contributed by atoms with van der Waals surface area (Å²) in [5.74, 6) is 0.865. The number of pyridine rings is 1. The first-order valence-corrected chi connectivity index (χ1v) is 14.1. The Labute approximate surface area is 244 Å². The smallest absolute Gasteiger partial charge is 0.415 e. The van der Waals surface area contributed by atoms with Gasteiger partial charge in [-0.05, 0) is 76.1 Å². The number of aromatic nitrogens is 3. The van der Waals surface area contributed by atoms with Crippen LogP contribution < -0.4 is 15.0 Å². The van der Waals surface area contributed by atoms with Crippen molar-refractivity contribution >= 4 is 45.9 Å². The summed E-state index contributed by atoms with van der Waals surface area (Å²) in [5, 5.41) is 4.65. The second-order valence-corrected chi connectivity index (χ2v) is 12.0. The summed E-state index contributed by atoms with van der Waals surface area (Å²) in [6.45, 7) is 10.2. The molecule has 2 aromatic carbocycles. The fourth-order valence-electron chi connectivity index (χ4n) is 5.38. The maximum absolute atomic E-state index is 13.1. The quantitative estimate of drug-likeness (QED) is 0.297. The molecule has 2 aliphatic rings. The van der Waals surface area contributed by atoms with Crippen molar-refractivity contribution in [2.24, 2.45) is 0 Å². The number of nitrogens with zero attached hydrogens (tertiary/aromatic N) is 5. The molecule has 1 amide bonds. The highest BCUT2D eigenvalue weighted by Gasteiger charge is 2.32. The number of hydrogen-bond donors (Lipinski definition) is 1. The first-order valence-electron chi connectivity index (χ1n) is 13.7. The van der Waals surface area contributed by atoms with Gasteiger partial charge in [-0.3, -0.25) is 4.90 Å². The number of ether oxygens (including phenoxy) is 2. The minimum absolute atomic E-state index is 0.336. The highest BCUT2D eigenvalue weighted by Crippen LogP contribution is 2.41. The van der Waals surface area contributed by atoms with E-state index in [2.05, 4.69) is 45.4 Å². The molecule has 10 heteroatoms. The molecule has 0 fully saturated rings. The molecule has 9 nitrogen and oxygen atoms in total. The summed E-state index contributed by atoms with van der Waals surface area (Å²) in [7, 11) is 2.14. The van der Waals surface area contributed by atoms with E-state index in [1.54, 1.807) is 17.3 Å². The van der Waals surface area contributed by atoms with Crippen molar-refractivity contribution in [2.45, 2.75) is 46.3 Å². The van der Waals surface area contributed by atoms with Crippen LogP contribution in [-0.4, -0.2) is 58.3 Å². The van der Waals surface area contributed by atoms with Gasteiger partial charge in [-0.2, -0.15) is 0 Å². The monoisotopic (exact) mass is 572 g/mol. The molecule has 41 heavy (non-hydrogen) atoms. The Bertz CT molecular complexity index is 1670. The average Bonchev–Trinajstić information content (AvgIpc) is 2.92. The Hall–Kier alpha value is -3.95. The first kappa shape index (κ1) is 27.2. The number of likely N-dealkylation sites (N-methyl/N-ethyl adjacent to an activating group) is 1. The third kappa shape index (κ3) is 5.39. The van der Waals surface area contributed by atoms with Crippen molar-refractivity contribution in [1.82, 2.24) is 19.9 Å². The molecule has 0 aliphatic carbocycles. The molecule has 0 radical (unpaired) electrons. The fraction of sp³-hybridized carbons (Fsp3) is 0.355. The van der Waals surface area contributed by atoms with Crippen LogP contribution in [0.2, 0.25) is 5.02 Å². The Morgan fingerprint density at radius 3 is 2.71 bits per heavy atom. The maximum Gasteiger partial charge on any atom is 0.415 e. The number of amides is 1. The van der Waals surface area contributed by atoms with Gasteiger partial charge in [0.15, 0.2) is 0 Å². The minimum Gasteiger partial charge on any atom is -0.474 e. The summed E-state index contributed by atoms with van der Waals surface area (Å²) in [4.78, 5) is 31.1. The zero-order valence-electron chi connectivity index (χ0n) is 23.9. The summed E-state index contributed by atoms with van der Waals surface area (Å²) < 4.78 is 11.5. The van der Waals surface area contributed by atoms with Gasteiger partial charge in [-0.25, -0.2) is 19.7 Å². The van der Waals surface area contributed by atoms with Crippen molar-refractivity contribution in [3.63, 3.8) is 0 Å². The standard InChI is InChI=1S/C31H33ClN6O3/c1-18-23(15-33-28-27(18)38(12-13-40-28)30(39)41-31(2,3)4)22-8-9-25(32)24-16-34-29(36-26(22)24)35-21-7-6-19-10-11-37(5)17-20(19)14-21/h6-9,14-16H,10-13,17H2,1-5H3,(H,34,35,36). The number of hydrogen-bond acceptors (Lipinski definition) is 8. The van der Waals surface area contributed by atoms with E-state index in [9.17, 15) is 4.79 Å². The summed E-state index contributed by atoms with van der Waals surface area (Å²) in [5.41, 5.74) is 6.72. The lowest BCUT2D eigenvalue weighted by Crippen LogP contribution is -2.42. The SMILES string of the molecule is Cc1c(-c2ccc(Cl)c3cnc(Nc4ccc5c(c4)CN(C)CC5)nc23)cnc2c1N(C(=O)OC(C)(C)C)CCO2. The Morgan fingerprint density at radius 2 is 1.90 bits per heavy atom. The van der Waals surface area contributed by atoms with E-state index in [4.69, 9.17) is 26.1 Å². The molecule has 0 atom stereocenters. The molecule has 4 heterocycles. The molecule has 212 valence electrons. The summed E-state index contributed by atoms with van der Waals surface area (Å²) in [6, 6.07) is 10.2. The second kappa shape index (κ2) is 10.5. The van der Waals surface area contributed by atoms with Crippen LogP contribution in [0.5, 0.6) is 5.88 Å². The zero-order chi connectivity index (χ0) is 28.9. The number of carbonyl (C=O) groups excluding carboxylic acids is 1. The van der Waals surface area contributed by atoms with Gasteiger partial charge in [-0.15, -0.1) is 0 Å². The normalized spacial score (nSPS) is 15.2. The van der Waals surface area contributed by atoms with Crippen molar-refractivity contribution < 1.29 is 14.3 Å². The highest BCUT2D eigenvalue weighted by atomic mass is 35.5. The number of carbonyl (C=O) groups is 1. The zero-order valence-corrected chi connectivity index (χ0v) is 24.7. The van der Waals surface area contributed by atoms with Gasteiger partial charge in [0.1, 0.15) is 17.9 Å². The van der Waals surface area contributed by atoms with E-state index < -0.39 is 11.7 Å². The van der Waals surface area contributed by atoms with E-state index in [0.29, 0.717) is 41.2 Å². The van der Waals surface area contributed by atoms with Gasteiger partial charge in [0, 0.05) is 47.7 Å². The first-order chi connectivity index (χ1) is 19.6. The van der Waals surface area contributed by atoms with Crippen LogP contribution in [0.1, 0.15) is 37.5 Å². The number of halogens is 1. The van der Waals surface area contributed by atoms with Gasteiger partial charge in [-0.1, -0.05) is 23.7 Å². The number of benzene rings is 2. The molecule has 2 aliphatic heterocycles. The minimum atomic E-state index is -0.630. The van der Waals surface area contributed by atoms with Gasteiger partial charge < -0.3 is 19.7 Å². The van der Waals surface area contributed by atoms with Crippen LogP contribution in [0.3, 0.4) is 0 Å². The topological polar surface area (TPSA) is 92.7 Å². The van der Waals surface area contributed by atoms with E-state index in [1.807, 2.05) is 39.8 Å². The number of fused-ring (bicyclic) bond motifs is 3. The number of anilines is 3. The third-order valence-corrected chi connectivity index (χ3v) is 7.69. The van der Waals surface area contributed by atoms with E-state index in [-0.39, 0.29) is 0 Å². The molecule has 0 unspecified atom stereocenters. The average molecular weight is 573 g/mol. The van der Waals surface area contributed by atoms with Crippen LogP contribution >= 0.6 is 11.6 Å². The van der Waals surface area contributed by atoms with E-state index >= 15 is 0 Å². The molecule has 1 N–H and O–H groups in total. The van der Waals surface area contributed by atoms with Crippen LogP contribution in [-0.2, 0) is 17.7 Å². The lowest BCUT2D eigenvalue weighted by atomic mass is 9.98. The lowest BCUT2D eigenvalue weighted by Gasteiger charge is -2.32. The Kier molecular flexibility index (Phi) is 6.95. The molecular formula is C31H33ClN6O3. The van der Waals surface area contributed by atoms with Gasteiger partial charge >= 0.3 is 6.09 Å².